The van der Waals surface area contributed by atoms with Gasteiger partial charge in [-0.2, -0.15) is 0 Å². The molecule has 2 atom stereocenters. The van der Waals surface area contributed by atoms with Crippen molar-refractivity contribution in [2.75, 3.05) is 4.90 Å². The minimum absolute atomic E-state index is 0.0902. The highest BCUT2D eigenvalue weighted by atomic mass is 16.4. The SMILES string of the molecule is CC(=O)N1c2ccc(-c3cc(C=O)co3)cc2C(N(C(=O)O)C(C)C)CC1C. The number of benzene rings is 1. The van der Waals surface area contributed by atoms with Crippen molar-refractivity contribution in [3.8, 4) is 11.3 Å². The fourth-order valence-corrected chi connectivity index (χ4v) is 4.01. The Hall–Kier alpha value is -3.09. The van der Waals surface area contributed by atoms with Crippen LogP contribution >= 0.6 is 0 Å². The monoisotopic (exact) mass is 384 g/mol. The Morgan fingerprint density at radius 1 is 1.32 bits per heavy atom. The quantitative estimate of drug-likeness (QED) is 0.792. The lowest BCUT2D eigenvalue weighted by molar-refractivity contribution is -0.117. The Balaban J connectivity index is 2.17. The molecule has 7 heteroatoms. The van der Waals surface area contributed by atoms with Gasteiger partial charge < -0.3 is 14.4 Å². The van der Waals surface area contributed by atoms with E-state index in [1.165, 1.54) is 18.1 Å². The smallest absolute Gasteiger partial charge is 0.408 e. The van der Waals surface area contributed by atoms with Crippen LogP contribution in [0.25, 0.3) is 11.3 Å². The molecule has 1 aromatic heterocycles. The summed E-state index contributed by atoms with van der Waals surface area (Å²) in [6, 6.07) is 6.38. The van der Waals surface area contributed by atoms with Gasteiger partial charge in [0.05, 0.1) is 11.6 Å². The van der Waals surface area contributed by atoms with Gasteiger partial charge in [-0.05, 0) is 57.0 Å². The van der Waals surface area contributed by atoms with Gasteiger partial charge in [0.1, 0.15) is 12.0 Å². The number of furan rings is 1. The third-order valence-corrected chi connectivity index (χ3v) is 5.14. The lowest BCUT2D eigenvalue weighted by Gasteiger charge is -2.43. The highest BCUT2D eigenvalue weighted by Gasteiger charge is 2.38. The van der Waals surface area contributed by atoms with E-state index in [-0.39, 0.29) is 18.0 Å². The minimum atomic E-state index is -0.999. The predicted octanol–water partition coefficient (Wildman–Crippen LogP) is 4.33. The minimum Gasteiger partial charge on any atom is -0.465 e. The molecule has 2 heterocycles. The van der Waals surface area contributed by atoms with Crippen molar-refractivity contribution in [1.82, 2.24) is 4.90 Å². The second-order valence-electron chi connectivity index (χ2n) is 7.41. The Labute approximate surface area is 163 Å². The fourth-order valence-electron chi connectivity index (χ4n) is 4.01. The van der Waals surface area contributed by atoms with Gasteiger partial charge in [0.2, 0.25) is 5.91 Å². The van der Waals surface area contributed by atoms with Crippen LogP contribution in [-0.2, 0) is 4.79 Å². The lowest BCUT2D eigenvalue weighted by atomic mass is 9.88. The molecule has 148 valence electrons. The van der Waals surface area contributed by atoms with Crippen molar-refractivity contribution in [2.45, 2.75) is 52.2 Å². The standard InChI is InChI=1S/C21H24N2O5/c1-12(2)22(21(26)27)19-7-13(3)23(14(4)25)18-6-5-16(9-17(18)19)20-8-15(10-24)11-28-20/h5-6,8-13,19H,7H2,1-4H3,(H,26,27). The van der Waals surface area contributed by atoms with Crippen LogP contribution in [0.1, 0.15) is 56.1 Å². The maximum atomic E-state index is 12.3. The summed E-state index contributed by atoms with van der Waals surface area (Å²) in [5, 5.41) is 9.79. The summed E-state index contributed by atoms with van der Waals surface area (Å²) in [5.74, 6) is 0.427. The molecule has 7 nitrogen and oxygen atoms in total. The van der Waals surface area contributed by atoms with E-state index in [0.717, 1.165) is 11.1 Å². The Kier molecular flexibility index (Phi) is 5.27. The zero-order valence-corrected chi connectivity index (χ0v) is 16.4. The number of carbonyl (C=O) groups excluding carboxylic acids is 2. The highest BCUT2D eigenvalue weighted by molar-refractivity contribution is 5.94. The van der Waals surface area contributed by atoms with Gasteiger partial charge in [-0.3, -0.25) is 14.5 Å². The van der Waals surface area contributed by atoms with Gasteiger partial charge in [-0.25, -0.2) is 4.79 Å². The van der Waals surface area contributed by atoms with E-state index in [4.69, 9.17) is 4.42 Å². The molecule has 2 unspecified atom stereocenters. The number of nitrogens with zero attached hydrogens (tertiary/aromatic N) is 2. The van der Waals surface area contributed by atoms with Gasteiger partial charge in [-0.15, -0.1) is 0 Å². The molecule has 0 saturated carbocycles. The van der Waals surface area contributed by atoms with E-state index < -0.39 is 12.1 Å². The summed E-state index contributed by atoms with van der Waals surface area (Å²) >= 11 is 0. The molecule has 3 rings (SSSR count). The number of anilines is 1. The molecule has 0 spiro atoms. The van der Waals surface area contributed by atoms with Crippen LogP contribution in [-0.4, -0.2) is 40.4 Å². The number of carbonyl (C=O) groups is 3. The highest BCUT2D eigenvalue weighted by Crippen LogP contribution is 2.43. The first-order valence-corrected chi connectivity index (χ1v) is 9.23. The predicted molar refractivity (Wildman–Crippen MR) is 105 cm³/mol. The lowest BCUT2D eigenvalue weighted by Crippen LogP contribution is -2.48. The molecule has 28 heavy (non-hydrogen) atoms. The van der Waals surface area contributed by atoms with Gasteiger partial charge in [-0.1, -0.05) is 0 Å². The van der Waals surface area contributed by atoms with Crippen LogP contribution in [0.3, 0.4) is 0 Å². The Morgan fingerprint density at radius 2 is 2.04 bits per heavy atom. The van der Waals surface area contributed by atoms with E-state index in [1.54, 1.807) is 11.0 Å². The second-order valence-corrected chi connectivity index (χ2v) is 7.41. The summed E-state index contributed by atoms with van der Waals surface area (Å²) in [4.78, 5) is 38.3. The number of aldehydes is 1. The maximum absolute atomic E-state index is 12.3. The molecule has 1 aliphatic rings. The van der Waals surface area contributed by atoms with Gasteiger partial charge >= 0.3 is 6.09 Å². The molecule has 1 aliphatic heterocycles. The van der Waals surface area contributed by atoms with Crippen molar-refractivity contribution in [3.63, 3.8) is 0 Å². The van der Waals surface area contributed by atoms with E-state index in [1.807, 2.05) is 39.0 Å². The summed E-state index contributed by atoms with van der Waals surface area (Å²) < 4.78 is 5.48. The van der Waals surface area contributed by atoms with Crippen LogP contribution in [0.4, 0.5) is 10.5 Å². The molecule has 1 N–H and O–H groups in total. The zero-order valence-electron chi connectivity index (χ0n) is 16.4. The molecular formula is C21H24N2O5. The summed E-state index contributed by atoms with van der Waals surface area (Å²) in [5.41, 5.74) is 2.61. The largest absolute Gasteiger partial charge is 0.465 e. The molecule has 0 bridgehead atoms. The number of carboxylic acid groups (broad SMARTS) is 1. The number of amides is 2. The molecule has 1 aromatic carbocycles. The number of hydrogen-bond donors (Lipinski definition) is 1. The molecule has 2 aromatic rings. The third kappa shape index (κ3) is 3.40. The zero-order chi connectivity index (χ0) is 20.6. The van der Waals surface area contributed by atoms with E-state index >= 15 is 0 Å². The second kappa shape index (κ2) is 7.50. The van der Waals surface area contributed by atoms with E-state index in [0.29, 0.717) is 29.7 Å². The first-order valence-electron chi connectivity index (χ1n) is 9.23. The van der Waals surface area contributed by atoms with Crippen molar-refractivity contribution in [2.24, 2.45) is 0 Å². The van der Waals surface area contributed by atoms with Crippen LogP contribution in [0.15, 0.2) is 34.9 Å². The van der Waals surface area contributed by atoms with Crippen molar-refractivity contribution in [3.05, 3.63) is 41.7 Å². The average molecular weight is 384 g/mol. The molecule has 0 saturated heterocycles. The summed E-state index contributed by atoms with van der Waals surface area (Å²) in [6.07, 6.45) is 1.58. The average Bonchev–Trinajstić information content (AvgIpc) is 3.09. The van der Waals surface area contributed by atoms with Crippen LogP contribution in [0.5, 0.6) is 0 Å². The Bertz CT molecular complexity index is 917. The molecular weight excluding hydrogens is 360 g/mol. The van der Waals surface area contributed by atoms with E-state index in [9.17, 15) is 19.5 Å². The summed E-state index contributed by atoms with van der Waals surface area (Å²) in [6.45, 7) is 7.11. The fraction of sp³-hybridized carbons (Fsp3) is 0.381. The van der Waals surface area contributed by atoms with Crippen LogP contribution in [0, 0.1) is 0 Å². The van der Waals surface area contributed by atoms with Gasteiger partial charge in [0.15, 0.2) is 6.29 Å². The van der Waals surface area contributed by atoms with Crippen molar-refractivity contribution in [1.29, 1.82) is 0 Å². The van der Waals surface area contributed by atoms with Crippen molar-refractivity contribution >= 4 is 24.0 Å². The van der Waals surface area contributed by atoms with Gasteiger partial charge in [0.25, 0.3) is 0 Å². The first-order chi connectivity index (χ1) is 13.2. The topological polar surface area (TPSA) is 91.1 Å². The third-order valence-electron chi connectivity index (χ3n) is 5.14. The van der Waals surface area contributed by atoms with Crippen LogP contribution < -0.4 is 4.90 Å². The molecule has 2 amide bonds. The van der Waals surface area contributed by atoms with Gasteiger partial charge in [0, 0.05) is 30.3 Å². The maximum Gasteiger partial charge on any atom is 0.408 e. The number of hydrogen-bond acceptors (Lipinski definition) is 4. The summed E-state index contributed by atoms with van der Waals surface area (Å²) in [7, 11) is 0. The number of fused-ring (bicyclic) bond motifs is 1. The molecule has 0 radical (unpaired) electrons. The Morgan fingerprint density at radius 3 is 2.57 bits per heavy atom. The molecule has 0 aliphatic carbocycles. The number of rotatable bonds is 4. The molecule has 0 fully saturated rings. The normalized spacial score (nSPS) is 18.7. The van der Waals surface area contributed by atoms with Crippen LogP contribution in [0.2, 0.25) is 0 Å². The van der Waals surface area contributed by atoms with E-state index in [2.05, 4.69) is 0 Å². The first kappa shape index (κ1) is 19.7. The van der Waals surface area contributed by atoms with Crippen molar-refractivity contribution < 1.29 is 23.9 Å².